The van der Waals surface area contributed by atoms with Gasteiger partial charge in [0.15, 0.2) is 0 Å². The first-order valence-electron chi connectivity index (χ1n) is 16.3. The van der Waals surface area contributed by atoms with Gasteiger partial charge in [-0.1, -0.05) is 115 Å². The fraction of sp³-hybridized carbons (Fsp3) is 0.256. The number of amides is 1. The van der Waals surface area contributed by atoms with E-state index in [1.807, 2.05) is 97.1 Å². The van der Waals surface area contributed by atoms with E-state index >= 15 is 0 Å². The Bertz CT molecular complexity index is 1820. The molecule has 1 N–H and O–H groups in total. The molecule has 242 valence electrons. The topological polar surface area (TPSA) is 81.2 Å². The Morgan fingerprint density at radius 3 is 1.96 bits per heavy atom. The number of sulfonamides is 1. The van der Waals surface area contributed by atoms with Crippen molar-refractivity contribution in [3.63, 3.8) is 0 Å². The van der Waals surface area contributed by atoms with Crippen molar-refractivity contribution in [1.82, 2.24) is 9.80 Å². The predicted octanol–water partition coefficient (Wildman–Crippen LogP) is 8.03. The number of fused-ring (bicyclic) bond motifs is 1. The molecule has 1 aliphatic rings. The lowest BCUT2D eigenvalue weighted by molar-refractivity contribution is 0.0957. The van der Waals surface area contributed by atoms with Gasteiger partial charge in [0.25, 0.3) is 10.0 Å². The zero-order chi connectivity index (χ0) is 32.6. The van der Waals surface area contributed by atoms with Crippen molar-refractivity contribution < 1.29 is 18.3 Å². The minimum absolute atomic E-state index is 0.258. The van der Waals surface area contributed by atoms with Gasteiger partial charge in [0.2, 0.25) is 0 Å². The van der Waals surface area contributed by atoms with E-state index in [9.17, 15) is 18.3 Å². The maximum absolute atomic E-state index is 14.6. The molecular weight excluding hydrogens is 607 g/mol. The number of rotatable bonds is 12. The van der Waals surface area contributed by atoms with Gasteiger partial charge in [-0.3, -0.25) is 9.21 Å². The van der Waals surface area contributed by atoms with Crippen molar-refractivity contribution in [2.24, 2.45) is 0 Å². The Labute approximate surface area is 277 Å². The van der Waals surface area contributed by atoms with Crippen molar-refractivity contribution in [2.75, 3.05) is 17.4 Å². The second-order valence-electron chi connectivity index (χ2n) is 12.2. The maximum Gasteiger partial charge on any atom is 0.407 e. The summed E-state index contributed by atoms with van der Waals surface area (Å²) in [5, 5.41) is 11.7. The van der Waals surface area contributed by atoms with Crippen molar-refractivity contribution >= 4 is 32.6 Å². The maximum atomic E-state index is 14.6. The summed E-state index contributed by atoms with van der Waals surface area (Å²) in [5.74, 6) is 0. The average molecular weight is 648 g/mol. The van der Waals surface area contributed by atoms with Crippen LogP contribution in [0.5, 0.6) is 0 Å². The zero-order valence-corrected chi connectivity index (χ0v) is 27.3. The molecule has 1 aliphatic heterocycles. The molecule has 0 aromatic heterocycles. The molecule has 1 fully saturated rings. The van der Waals surface area contributed by atoms with E-state index in [-0.39, 0.29) is 17.5 Å². The molecule has 1 heterocycles. The lowest BCUT2D eigenvalue weighted by Gasteiger charge is -2.43. The first-order valence-corrected chi connectivity index (χ1v) is 17.7. The number of likely N-dealkylation sites (tertiary alicyclic amines) is 1. The van der Waals surface area contributed by atoms with E-state index in [1.54, 1.807) is 16.4 Å². The van der Waals surface area contributed by atoms with E-state index in [2.05, 4.69) is 29.2 Å². The Kier molecular flexibility index (Phi) is 10.2. The Morgan fingerprint density at radius 1 is 0.745 bits per heavy atom. The fourth-order valence-corrected chi connectivity index (χ4v) is 8.77. The highest BCUT2D eigenvalue weighted by Crippen LogP contribution is 2.35. The summed E-state index contributed by atoms with van der Waals surface area (Å²) < 4.78 is 30.8. The first kappa shape index (κ1) is 32.3. The number of hydrogen-bond donors (Lipinski definition) is 1. The third kappa shape index (κ3) is 7.67. The summed E-state index contributed by atoms with van der Waals surface area (Å²) in [6.45, 7) is 2.64. The summed E-state index contributed by atoms with van der Waals surface area (Å²) in [4.78, 5) is 16.6. The Balaban J connectivity index is 1.25. The normalized spacial score (nSPS) is 16.7. The van der Waals surface area contributed by atoms with Crippen LogP contribution in [0.4, 0.5) is 10.5 Å². The largest absolute Gasteiger partial charge is 0.465 e. The van der Waals surface area contributed by atoms with Gasteiger partial charge < -0.3 is 10.0 Å². The molecule has 1 saturated heterocycles. The van der Waals surface area contributed by atoms with Gasteiger partial charge >= 0.3 is 6.09 Å². The molecule has 5 aromatic carbocycles. The number of benzene rings is 5. The molecule has 0 spiro atoms. The third-order valence-electron chi connectivity index (χ3n) is 9.07. The van der Waals surface area contributed by atoms with E-state index in [1.165, 1.54) is 16.0 Å². The van der Waals surface area contributed by atoms with Crippen LogP contribution in [0, 0.1) is 0 Å². The van der Waals surface area contributed by atoms with Crippen LogP contribution < -0.4 is 4.31 Å². The van der Waals surface area contributed by atoms with Crippen LogP contribution >= 0.6 is 0 Å². The summed E-state index contributed by atoms with van der Waals surface area (Å²) in [6.07, 6.45) is 1.29. The van der Waals surface area contributed by atoms with Gasteiger partial charge in [-0.2, -0.15) is 0 Å². The molecule has 0 radical (unpaired) electrons. The highest BCUT2D eigenvalue weighted by molar-refractivity contribution is 7.93. The van der Waals surface area contributed by atoms with Crippen LogP contribution in [0.15, 0.2) is 138 Å². The second-order valence-corrected chi connectivity index (χ2v) is 14.0. The minimum Gasteiger partial charge on any atom is -0.465 e. The quantitative estimate of drug-likeness (QED) is 0.148. The summed E-state index contributed by atoms with van der Waals surface area (Å²) in [6, 6.07) is 42.2. The standard InChI is InChI=1S/C39H41N3O4S/c43-39(44)41-27-25-36(28-35(41)22-13-26-40(29-31-14-4-1-5-15-31)30-32-16-6-2-7-17-32)42(34-20-8-3-9-21-34)47(45,46)38-24-12-19-33-18-10-11-23-37(33)38/h1-12,14-21,23-24,35-36H,13,22,25-30H2,(H,43,44). The first-order chi connectivity index (χ1) is 22.9. The minimum atomic E-state index is -3.99. The number of carboxylic acid groups (broad SMARTS) is 1. The highest BCUT2D eigenvalue weighted by Gasteiger charge is 2.39. The second kappa shape index (κ2) is 14.8. The number of nitrogens with zero attached hydrogens (tertiary/aromatic N) is 3. The van der Waals surface area contributed by atoms with Crippen LogP contribution in [0.2, 0.25) is 0 Å². The highest BCUT2D eigenvalue weighted by atomic mass is 32.2. The number of carbonyl (C=O) groups is 1. The predicted molar refractivity (Wildman–Crippen MR) is 188 cm³/mol. The number of piperidine rings is 1. The summed E-state index contributed by atoms with van der Waals surface area (Å²) in [5.41, 5.74) is 3.04. The van der Waals surface area contributed by atoms with Crippen molar-refractivity contribution in [3.8, 4) is 0 Å². The van der Waals surface area contributed by atoms with Gasteiger partial charge in [-0.25, -0.2) is 13.2 Å². The molecule has 8 heteroatoms. The van der Waals surface area contributed by atoms with Crippen LogP contribution in [0.3, 0.4) is 0 Å². The number of anilines is 1. The lowest BCUT2D eigenvalue weighted by atomic mass is 9.93. The Morgan fingerprint density at radius 2 is 1.32 bits per heavy atom. The SMILES string of the molecule is O=C(O)N1CCC(N(c2ccccc2)S(=O)(=O)c2cccc3ccccc23)CC1CCCN(Cc1ccccc1)Cc1ccccc1. The number of hydrogen-bond acceptors (Lipinski definition) is 4. The fourth-order valence-electron chi connectivity index (χ4n) is 6.86. The molecule has 7 nitrogen and oxygen atoms in total. The third-order valence-corrected chi connectivity index (χ3v) is 11.0. The van der Waals surface area contributed by atoms with Crippen molar-refractivity contribution in [1.29, 1.82) is 0 Å². The zero-order valence-electron chi connectivity index (χ0n) is 26.4. The van der Waals surface area contributed by atoms with E-state index in [0.717, 1.165) is 31.4 Å². The summed E-state index contributed by atoms with van der Waals surface area (Å²) >= 11 is 0. The molecule has 6 rings (SSSR count). The van der Waals surface area contributed by atoms with Gasteiger partial charge in [-0.05, 0) is 66.9 Å². The molecule has 0 aliphatic carbocycles. The Hall–Kier alpha value is -4.66. The monoisotopic (exact) mass is 647 g/mol. The van der Waals surface area contributed by atoms with E-state index in [4.69, 9.17) is 0 Å². The van der Waals surface area contributed by atoms with E-state index < -0.39 is 22.2 Å². The number of para-hydroxylation sites is 1. The van der Waals surface area contributed by atoms with Crippen LogP contribution in [-0.4, -0.2) is 54.6 Å². The van der Waals surface area contributed by atoms with E-state index in [0.29, 0.717) is 30.3 Å². The molecule has 0 saturated carbocycles. The lowest BCUT2D eigenvalue weighted by Crippen LogP contribution is -2.53. The molecule has 1 amide bonds. The smallest absolute Gasteiger partial charge is 0.407 e. The van der Waals surface area contributed by atoms with Gasteiger partial charge in [0.1, 0.15) is 0 Å². The van der Waals surface area contributed by atoms with Crippen molar-refractivity contribution in [2.45, 2.75) is 55.8 Å². The average Bonchev–Trinajstić information content (AvgIpc) is 3.09. The molecule has 2 unspecified atom stereocenters. The molecular formula is C39H41N3O4S. The van der Waals surface area contributed by atoms with Crippen LogP contribution in [0.25, 0.3) is 10.8 Å². The van der Waals surface area contributed by atoms with Crippen LogP contribution in [-0.2, 0) is 23.1 Å². The van der Waals surface area contributed by atoms with Gasteiger partial charge in [0, 0.05) is 37.1 Å². The molecule has 5 aromatic rings. The van der Waals surface area contributed by atoms with Gasteiger partial charge in [-0.15, -0.1) is 0 Å². The van der Waals surface area contributed by atoms with Gasteiger partial charge in [0.05, 0.1) is 10.6 Å². The van der Waals surface area contributed by atoms with Crippen LogP contribution in [0.1, 0.15) is 36.8 Å². The molecule has 47 heavy (non-hydrogen) atoms. The summed E-state index contributed by atoms with van der Waals surface area (Å²) in [7, 11) is -3.99. The van der Waals surface area contributed by atoms with Crippen molar-refractivity contribution in [3.05, 3.63) is 145 Å². The molecule has 0 bridgehead atoms. The molecule has 2 atom stereocenters.